The Balaban J connectivity index is 1.63. The molecular formula is C28H21BrN2O3S. The summed E-state index contributed by atoms with van der Waals surface area (Å²) in [6.07, 6.45) is 3.48. The number of benzene rings is 3. The molecule has 1 aliphatic carbocycles. The van der Waals surface area contributed by atoms with Gasteiger partial charge in [0.05, 0.1) is 23.4 Å². The van der Waals surface area contributed by atoms with Gasteiger partial charge in [-0.05, 0) is 47.8 Å². The van der Waals surface area contributed by atoms with Crippen molar-refractivity contribution < 1.29 is 9.84 Å². The summed E-state index contributed by atoms with van der Waals surface area (Å²) in [4.78, 5) is 19.5. The van der Waals surface area contributed by atoms with Crippen molar-refractivity contribution in [2.24, 2.45) is 4.99 Å². The number of hydrogen-bond acceptors (Lipinski definition) is 5. The van der Waals surface area contributed by atoms with Crippen LogP contribution in [0, 0.1) is 0 Å². The number of aromatic hydroxyl groups is 1. The Kier molecular flexibility index (Phi) is 5.46. The molecule has 1 aliphatic heterocycles. The van der Waals surface area contributed by atoms with Crippen LogP contribution in [0.2, 0.25) is 0 Å². The molecule has 1 atom stereocenters. The monoisotopic (exact) mass is 544 g/mol. The maximum absolute atomic E-state index is 13.8. The number of rotatable bonds is 3. The summed E-state index contributed by atoms with van der Waals surface area (Å²) in [5, 5.41) is 10.7. The third-order valence-corrected chi connectivity index (χ3v) is 8.00. The Bertz CT molecular complexity index is 1690. The number of phenolic OH excluding ortho intramolecular Hbond substituents is 1. The Labute approximate surface area is 214 Å². The number of allylic oxidation sites excluding steroid dienone is 1. The molecule has 1 aromatic heterocycles. The topological polar surface area (TPSA) is 63.8 Å². The SMILES string of the molecule is COc1cc(Br)cc(/C=c2\sc3n(c2=O)[C@H](c2ccccc2)C2=C(N=3)c3ccccc3CC2)c1O. The summed E-state index contributed by atoms with van der Waals surface area (Å²) in [7, 11) is 1.50. The first-order chi connectivity index (χ1) is 17.0. The van der Waals surface area contributed by atoms with Gasteiger partial charge >= 0.3 is 0 Å². The highest BCUT2D eigenvalue weighted by Gasteiger charge is 2.32. The van der Waals surface area contributed by atoms with Crippen molar-refractivity contribution >= 4 is 39.0 Å². The Hall–Kier alpha value is -3.42. The molecule has 0 unspecified atom stereocenters. The van der Waals surface area contributed by atoms with Crippen LogP contribution in [0.3, 0.4) is 0 Å². The number of phenols is 1. The van der Waals surface area contributed by atoms with Crippen molar-refractivity contribution in [3.05, 3.63) is 119 Å². The molecule has 0 saturated heterocycles. The van der Waals surface area contributed by atoms with Crippen LogP contribution in [-0.2, 0) is 6.42 Å². The molecule has 7 heteroatoms. The summed E-state index contributed by atoms with van der Waals surface area (Å²) in [6, 6.07) is 21.8. The summed E-state index contributed by atoms with van der Waals surface area (Å²) >= 11 is 4.80. The first-order valence-corrected chi connectivity index (χ1v) is 12.9. The normalized spacial score (nSPS) is 16.9. The van der Waals surface area contributed by atoms with E-state index in [0.29, 0.717) is 20.6 Å². The quantitative estimate of drug-likeness (QED) is 0.403. The Morgan fingerprint density at radius 1 is 1.11 bits per heavy atom. The molecule has 0 amide bonds. The van der Waals surface area contributed by atoms with Crippen molar-refractivity contribution in [2.45, 2.75) is 18.9 Å². The van der Waals surface area contributed by atoms with Gasteiger partial charge in [0.15, 0.2) is 16.3 Å². The zero-order chi connectivity index (χ0) is 24.1. The lowest BCUT2D eigenvalue weighted by atomic mass is 9.83. The van der Waals surface area contributed by atoms with Crippen LogP contribution in [0.25, 0.3) is 11.8 Å². The zero-order valence-electron chi connectivity index (χ0n) is 18.9. The largest absolute Gasteiger partial charge is 0.504 e. The minimum Gasteiger partial charge on any atom is -0.504 e. The molecule has 0 saturated carbocycles. The van der Waals surface area contributed by atoms with Crippen molar-refractivity contribution in [1.29, 1.82) is 0 Å². The highest BCUT2D eigenvalue weighted by atomic mass is 79.9. The molecular weight excluding hydrogens is 524 g/mol. The number of hydrogen-bond donors (Lipinski definition) is 1. The molecule has 0 bridgehead atoms. The molecule has 0 radical (unpaired) electrons. The van der Waals surface area contributed by atoms with Crippen LogP contribution < -0.4 is 19.6 Å². The predicted octanol–water partition coefficient (Wildman–Crippen LogP) is 4.80. The lowest BCUT2D eigenvalue weighted by molar-refractivity contribution is 0.372. The zero-order valence-corrected chi connectivity index (χ0v) is 21.3. The van der Waals surface area contributed by atoms with Crippen molar-refractivity contribution in [1.82, 2.24) is 4.57 Å². The van der Waals surface area contributed by atoms with Crippen molar-refractivity contribution in [2.75, 3.05) is 7.11 Å². The van der Waals surface area contributed by atoms with Crippen molar-refractivity contribution in [3.63, 3.8) is 0 Å². The molecule has 2 aliphatic rings. The van der Waals surface area contributed by atoms with E-state index in [1.165, 1.54) is 29.6 Å². The summed E-state index contributed by atoms with van der Waals surface area (Å²) < 4.78 is 8.35. The van der Waals surface area contributed by atoms with Crippen LogP contribution in [0.5, 0.6) is 11.5 Å². The van der Waals surface area contributed by atoms with E-state index >= 15 is 0 Å². The minimum atomic E-state index is -0.219. The van der Waals surface area contributed by atoms with Gasteiger partial charge in [0.2, 0.25) is 0 Å². The third kappa shape index (κ3) is 3.66. The lowest BCUT2D eigenvalue weighted by Gasteiger charge is -2.30. The van der Waals surface area contributed by atoms with Crippen LogP contribution in [0.4, 0.5) is 0 Å². The number of ether oxygens (including phenoxy) is 1. The molecule has 0 spiro atoms. The maximum Gasteiger partial charge on any atom is 0.271 e. The smallest absolute Gasteiger partial charge is 0.271 e. The number of fused-ring (bicyclic) bond motifs is 3. The summed E-state index contributed by atoms with van der Waals surface area (Å²) in [6.45, 7) is 0. The second kappa shape index (κ2) is 8.66. The second-order valence-corrected chi connectivity index (χ2v) is 10.5. The molecule has 4 aromatic rings. The van der Waals surface area contributed by atoms with E-state index in [1.54, 1.807) is 18.2 Å². The Morgan fingerprint density at radius 2 is 1.89 bits per heavy atom. The number of halogens is 1. The van der Waals surface area contributed by atoms with Gasteiger partial charge in [0, 0.05) is 15.6 Å². The highest BCUT2D eigenvalue weighted by molar-refractivity contribution is 9.10. The summed E-state index contributed by atoms with van der Waals surface area (Å²) in [5.74, 6) is 0.335. The fourth-order valence-electron chi connectivity index (χ4n) is 4.96. The number of aryl methyl sites for hydroxylation is 1. The molecule has 0 fully saturated rings. The first kappa shape index (κ1) is 22.1. The average Bonchev–Trinajstić information content (AvgIpc) is 3.19. The average molecular weight is 545 g/mol. The predicted molar refractivity (Wildman–Crippen MR) is 142 cm³/mol. The maximum atomic E-state index is 13.8. The van der Waals surface area contributed by atoms with Gasteiger partial charge in [0.25, 0.3) is 5.56 Å². The molecule has 2 heterocycles. The van der Waals surface area contributed by atoms with E-state index in [-0.39, 0.29) is 17.4 Å². The van der Waals surface area contributed by atoms with Crippen LogP contribution in [0.15, 0.2) is 86.6 Å². The fraction of sp³-hybridized carbons (Fsp3) is 0.143. The van der Waals surface area contributed by atoms with Crippen LogP contribution in [-0.4, -0.2) is 16.8 Å². The number of methoxy groups -OCH3 is 1. The van der Waals surface area contributed by atoms with E-state index < -0.39 is 0 Å². The minimum absolute atomic E-state index is 0.00522. The second-order valence-electron chi connectivity index (χ2n) is 8.57. The molecule has 5 nitrogen and oxygen atoms in total. The van der Waals surface area contributed by atoms with Gasteiger partial charge in [-0.2, -0.15) is 0 Å². The van der Waals surface area contributed by atoms with Gasteiger partial charge in [-0.3, -0.25) is 9.36 Å². The van der Waals surface area contributed by atoms with Crippen LogP contribution in [0.1, 0.15) is 34.7 Å². The van der Waals surface area contributed by atoms with Gasteiger partial charge < -0.3 is 9.84 Å². The van der Waals surface area contributed by atoms with Crippen LogP contribution >= 0.6 is 27.3 Å². The first-order valence-electron chi connectivity index (χ1n) is 11.3. The van der Waals surface area contributed by atoms with E-state index in [1.807, 2.05) is 28.8 Å². The van der Waals surface area contributed by atoms with Gasteiger partial charge in [-0.1, -0.05) is 81.9 Å². The number of thiazole rings is 1. The number of nitrogens with zero attached hydrogens (tertiary/aromatic N) is 2. The van der Waals surface area contributed by atoms with E-state index in [2.05, 4.69) is 46.3 Å². The molecule has 35 heavy (non-hydrogen) atoms. The standard InChI is InChI=1S/C28H21BrN2O3S/c1-34-22-15-19(29)13-18(26(22)32)14-23-27(33)31-25(17-8-3-2-4-9-17)21-12-11-16-7-5-6-10-20(16)24(21)30-28(31)35-23/h2-10,13-15,25,32H,11-12H2,1H3/b23-14-/t25-/m1/s1. The van der Waals surface area contributed by atoms with E-state index in [4.69, 9.17) is 9.73 Å². The Morgan fingerprint density at radius 3 is 2.69 bits per heavy atom. The van der Waals surface area contributed by atoms with E-state index in [0.717, 1.165) is 34.1 Å². The third-order valence-electron chi connectivity index (χ3n) is 6.56. The van der Waals surface area contributed by atoms with Gasteiger partial charge in [-0.25, -0.2) is 4.99 Å². The van der Waals surface area contributed by atoms with Gasteiger partial charge in [0.1, 0.15) is 0 Å². The summed E-state index contributed by atoms with van der Waals surface area (Å²) in [5.41, 5.74) is 6.02. The van der Waals surface area contributed by atoms with E-state index in [9.17, 15) is 9.90 Å². The lowest BCUT2D eigenvalue weighted by Crippen LogP contribution is -2.38. The molecule has 3 aromatic carbocycles. The number of aromatic nitrogens is 1. The van der Waals surface area contributed by atoms with Gasteiger partial charge in [-0.15, -0.1) is 0 Å². The fourth-order valence-corrected chi connectivity index (χ4v) is 6.41. The molecule has 6 rings (SSSR count). The van der Waals surface area contributed by atoms with Crippen molar-refractivity contribution in [3.8, 4) is 11.5 Å². The molecule has 174 valence electrons. The highest BCUT2D eigenvalue weighted by Crippen LogP contribution is 2.41. The molecule has 1 N–H and O–H groups in total.